The first kappa shape index (κ1) is 105. The number of ether oxygens (including phenoxy) is 2. The van der Waals surface area contributed by atoms with Crippen molar-refractivity contribution in [3.05, 3.63) is 312 Å². The lowest BCUT2D eigenvalue weighted by molar-refractivity contribution is 0.0919. The Morgan fingerprint density at radius 1 is 0.278 bits per heavy atom. The zero-order chi connectivity index (χ0) is 99.6. The molecule has 4 saturated carbocycles. The van der Waals surface area contributed by atoms with E-state index in [9.17, 15) is 29.4 Å². The zero-order valence-electron chi connectivity index (χ0n) is 86.3. The maximum absolute atomic E-state index is 13.0. The Morgan fingerprint density at radius 3 is 0.715 bits per heavy atom. The Bertz CT molecular complexity index is 5450. The molecule has 20 rings (SSSR count). The Labute approximate surface area is 859 Å². The molecule has 8 aromatic carbocycles. The quantitative estimate of drug-likeness (QED) is 0.0183. The van der Waals surface area contributed by atoms with Crippen LogP contribution in [-0.2, 0) is 0 Å². The lowest BCUT2D eigenvalue weighted by Gasteiger charge is -2.34. The SMILES string of the molecule is C=CCN1C2CCC1CN(C(c1ccc(C(=O)NC3CCCCC3)cc1)c1cccc(O)c1)CC2.C=CCN1C2CCC1CN(C(c1ccc(C(=O)NC3CCCCC3)cc1)c1cccc(OC)c1)CC2.C=CCN1C2CCC1CN(C(c1ccc(C(=O)NC3CCCCCC3)cc1)c1cccc(O)c1)CC2.C=CCN1C2CCC1CN(C(c1ccc(C(=O)NC3CCCCCC3)cc1)c1cccc(OC)c1)CC2. The van der Waals surface area contributed by atoms with Gasteiger partial charge in [-0.3, -0.25) is 58.4 Å². The molecule has 12 aliphatic rings. The van der Waals surface area contributed by atoms with Gasteiger partial charge in [0, 0.05) is 173 Å². The summed E-state index contributed by atoms with van der Waals surface area (Å²) >= 11 is 0. The molecule has 12 atom stereocenters. The van der Waals surface area contributed by atoms with E-state index in [0.717, 1.165) is 193 Å². The minimum Gasteiger partial charge on any atom is -0.508 e. The van der Waals surface area contributed by atoms with Gasteiger partial charge in [-0.25, -0.2) is 0 Å². The highest BCUT2D eigenvalue weighted by Gasteiger charge is 2.45. The lowest BCUT2D eigenvalue weighted by Crippen LogP contribution is -2.40. The largest absolute Gasteiger partial charge is 0.508 e. The fourth-order valence-corrected chi connectivity index (χ4v) is 26.7. The second-order valence-corrected chi connectivity index (χ2v) is 43.4. The molecule has 0 spiro atoms. The number of nitrogens with zero attached hydrogens (tertiary/aromatic N) is 8. The van der Waals surface area contributed by atoms with E-state index in [4.69, 9.17) is 9.47 Å². The molecule has 8 bridgehead atoms. The molecule has 8 saturated heterocycles. The Morgan fingerprint density at radius 2 is 0.493 bits per heavy atom. The lowest BCUT2D eigenvalue weighted by atomic mass is 9.93. The van der Waals surface area contributed by atoms with Crippen molar-refractivity contribution < 1.29 is 38.9 Å². The fourth-order valence-electron chi connectivity index (χ4n) is 26.7. The molecule has 4 aliphatic carbocycles. The number of carbonyl (C=O) groups excluding carboxylic acids is 4. The van der Waals surface area contributed by atoms with Gasteiger partial charge in [-0.2, -0.15) is 0 Å². The van der Waals surface area contributed by atoms with E-state index in [1.807, 2.05) is 97.1 Å². The average molecular weight is 1950 g/mol. The maximum Gasteiger partial charge on any atom is 0.251 e. The summed E-state index contributed by atoms with van der Waals surface area (Å²) in [5.74, 6) is 2.53. The highest BCUT2D eigenvalue weighted by molar-refractivity contribution is 5.96. The van der Waals surface area contributed by atoms with Crippen LogP contribution in [-0.4, -0.2) is 238 Å². The summed E-state index contributed by atoms with van der Waals surface area (Å²) < 4.78 is 11.2. The monoisotopic (exact) mass is 1950 g/mol. The highest BCUT2D eigenvalue weighted by atomic mass is 16.5. The summed E-state index contributed by atoms with van der Waals surface area (Å²) in [5.41, 5.74) is 12.4. The number of nitrogens with one attached hydrogen (secondary N) is 4. The van der Waals surface area contributed by atoms with Gasteiger partial charge in [-0.05, 0) is 270 Å². The second kappa shape index (κ2) is 52.2. The molecule has 4 amide bonds. The Balaban J connectivity index is 0.000000132. The molecule has 0 radical (unpaired) electrons. The predicted octanol–water partition coefficient (Wildman–Crippen LogP) is 22.5. The maximum atomic E-state index is 13.0. The third-order valence-corrected chi connectivity index (χ3v) is 34.1. The van der Waals surface area contributed by atoms with Gasteiger partial charge in [0.25, 0.3) is 23.6 Å². The van der Waals surface area contributed by atoms with E-state index >= 15 is 0 Å². The average Bonchev–Trinajstić information content (AvgIpc) is 1.26. The number of phenols is 2. The summed E-state index contributed by atoms with van der Waals surface area (Å²) in [7, 11) is 3.46. The molecule has 20 heteroatoms. The topological polar surface area (TPSA) is 201 Å². The fraction of sp³-hybridized carbons (Fsp3) is 0.516. The van der Waals surface area contributed by atoms with Gasteiger partial charge in [-0.1, -0.05) is 211 Å². The summed E-state index contributed by atoms with van der Waals surface area (Å²) in [6, 6.07) is 71.6. The summed E-state index contributed by atoms with van der Waals surface area (Å²) in [4.78, 5) is 72.9. The number of hydrogen-bond donors (Lipinski definition) is 6. The number of methoxy groups -OCH3 is 2. The van der Waals surface area contributed by atoms with Crippen LogP contribution in [0.4, 0.5) is 0 Å². The number of benzene rings is 8. The minimum atomic E-state index is 0.0319. The summed E-state index contributed by atoms with van der Waals surface area (Å²) in [6.07, 6.45) is 49.0. The molecular weight excluding hydrogens is 1790 g/mol. The minimum absolute atomic E-state index is 0.0319. The van der Waals surface area contributed by atoms with E-state index in [1.54, 1.807) is 26.4 Å². The van der Waals surface area contributed by atoms with Crippen LogP contribution in [0.1, 0.15) is 328 Å². The van der Waals surface area contributed by atoms with E-state index in [-0.39, 0.29) is 47.8 Å². The zero-order valence-corrected chi connectivity index (χ0v) is 86.3. The van der Waals surface area contributed by atoms with Gasteiger partial charge in [0.05, 0.1) is 38.4 Å². The summed E-state index contributed by atoms with van der Waals surface area (Å²) in [5, 5.41) is 33.6. The van der Waals surface area contributed by atoms with Crippen LogP contribution >= 0.6 is 0 Å². The first-order valence-electron chi connectivity index (χ1n) is 55.5. The van der Waals surface area contributed by atoms with Gasteiger partial charge in [0.1, 0.15) is 23.0 Å². The van der Waals surface area contributed by atoms with Crippen molar-refractivity contribution in [3.8, 4) is 23.0 Å². The predicted molar refractivity (Wildman–Crippen MR) is 582 cm³/mol. The number of phenolic OH excluding ortho intramolecular Hbond substituents is 2. The first-order valence-corrected chi connectivity index (χ1v) is 55.5. The number of likely N-dealkylation sites (tertiary alicyclic amines) is 4. The molecule has 0 aromatic heterocycles. The molecule has 768 valence electrons. The van der Waals surface area contributed by atoms with Crippen molar-refractivity contribution in [2.75, 3.05) is 92.8 Å². The third kappa shape index (κ3) is 27.1. The van der Waals surface area contributed by atoms with Crippen LogP contribution in [0.3, 0.4) is 0 Å². The van der Waals surface area contributed by atoms with Crippen LogP contribution in [0.15, 0.2) is 245 Å². The van der Waals surface area contributed by atoms with Crippen molar-refractivity contribution in [2.45, 2.75) is 315 Å². The van der Waals surface area contributed by atoms with Gasteiger partial charge < -0.3 is 41.0 Å². The normalized spacial score (nSPS) is 24.3. The van der Waals surface area contributed by atoms with Gasteiger partial charge >= 0.3 is 0 Å². The number of amides is 4. The molecule has 8 heterocycles. The Kier molecular flexibility index (Phi) is 38.0. The van der Waals surface area contributed by atoms with Gasteiger partial charge in [0.2, 0.25) is 0 Å². The Hall–Kier alpha value is -10.5. The van der Waals surface area contributed by atoms with Crippen molar-refractivity contribution >= 4 is 23.6 Å². The van der Waals surface area contributed by atoms with Crippen LogP contribution in [0.25, 0.3) is 0 Å². The van der Waals surface area contributed by atoms with E-state index in [0.29, 0.717) is 84.0 Å². The van der Waals surface area contributed by atoms with E-state index in [1.165, 1.54) is 182 Å². The van der Waals surface area contributed by atoms with Crippen LogP contribution in [0.5, 0.6) is 23.0 Å². The number of fused-ring (bicyclic) bond motifs is 8. The van der Waals surface area contributed by atoms with E-state index in [2.05, 4.69) is 196 Å². The molecule has 8 aliphatic heterocycles. The number of aromatic hydroxyl groups is 2. The molecule has 12 unspecified atom stereocenters. The molecule has 144 heavy (non-hydrogen) atoms. The number of hydrogen-bond acceptors (Lipinski definition) is 16. The standard InChI is InChI=1S/C32H43N3O2.2C31H41N3O2.C30H39N3O2/c1-3-20-35-28-17-18-29(35)23-34(21-19-28)31(26-9-8-12-30(22-26)37-2)24-13-15-25(16-14-24)32(36)33-27-10-6-4-5-7-11-27;1-3-19-34-27-16-17-28(34)22-33(20-18-27)30(25-8-7-11-29(21-25)36-2)23-12-14-24(15-13-23)31(35)32-26-9-5-4-6-10-26;1-2-19-34-27-16-17-28(34)22-33(20-18-27)30(25-8-7-11-29(35)21-25)23-12-14-24(15-13-23)31(36)32-26-9-5-3-4-6-10-26;1-2-18-33-26-15-16-27(33)21-32(19-17-26)29(24-7-6-10-28(34)20-24)22-11-13-23(14-12-22)30(35)31-25-8-4-3-5-9-25/h3,8-9,12-16,22,27-29,31H,1,4-7,10-11,17-21,23H2,2H3,(H,33,36);3,7-8,11-15,21,26-28,30H,1,4-6,9-10,16-20,22H2,2H3,(H,32,35);2,7-8,11-15,21,26-28,30,35H,1,3-6,9-10,16-20,22H2,(H,32,36);2,6-7,10-14,20,25-27,29,34H,1,3-5,8-9,15-19,21H2,(H,31,35). The molecular formula is C124H164N12O8. The first-order chi connectivity index (χ1) is 70.6. The van der Waals surface area contributed by atoms with Crippen molar-refractivity contribution in [3.63, 3.8) is 0 Å². The molecule has 20 nitrogen and oxygen atoms in total. The highest BCUT2D eigenvalue weighted by Crippen LogP contribution is 2.44. The molecule has 8 aromatic rings. The molecule has 6 N–H and O–H groups in total. The molecule has 12 fully saturated rings. The number of carbonyl (C=O) groups is 4. The smallest absolute Gasteiger partial charge is 0.251 e. The van der Waals surface area contributed by atoms with Gasteiger partial charge in [0.15, 0.2) is 0 Å². The van der Waals surface area contributed by atoms with Crippen molar-refractivity contribution in [2.24, 2.45) is 0 Å². The van der Waals surface area contributed by atoms with Crippen LogP contribution < -0.4 is 30.7 Å². The number of rotatable bonds is 30. The third-order valence-electron chi connectivity index (χ3n) is 34.1. The summed E-state index contributed by atoms with van der Waals surface area (Å²) in [6.45, 7) is 28.0. The van der Waals surface area contributed by atoms with Gasteiger partial charge in [-0.15, -0.1) is 26.3 Å². The van der Waals surface area contributed by atoms with Crippen LogP contribution in [0, 0.1) is 0 Å². The van der Waals surface area contributed by atoms with Crippen molar-refractivity contribution in [1.29, 1.82) is 0 Å². The van der Waals surface area contributed by atoms with Crippen molar-refractivity contribution in [1.82, 2.24) is 60.5 Å². The van der Waals surface area contributed by atoms with Crippen LogP contribution in [0.2, 0.25) is 0 Å². The van der Waals surface area contributed by atoms with E-state index < -0.39 is 0 Å². The second-order valence-electron chi connectivity index (χ2n) is 43.4.